The van der Waals surface area contributed by atoms with E-state index in [1.807, 2.05) is 25.1 Å². The lowest BCUT2D eigenvalue weighted by Crippen LogP contribution is -1.88. The second-order valence-electron chi connectivity index (χ2n) is 2.01. The van der Waals surface area contributed by atoms with Crippen LogP contribution in [0.25, 0.3) is 0 Å². The summed E-state index contributed by atoms with van der Waals surface area (Å²) in [4.78, 5) is 0. The van der Waals surface area contributed by atoms with E-state index in [1.54, 1.807) is 0 Å². The third-order valence-electron chi connectivity index (χ3n) is 1.20. The lowest BCUT2D eigenvalue weighted by Gasteiger charge is -1.96. The average molecular weight is 159 g/mol. The van der Waals surface area contributed by atoms with Crippen molar-refractivity contribution in [1.82, 2.24) is 0 Å². The molecule has 0 aromatic heterocycles. The van der Waals surface area contributed by atoms with Gasteiger partial charge in [-0.25, -0.2) is 0 Å². The van der Waals surface area contributed by atoms with Crippen LogP contribution in [0, 0.1) is 6.92 Å². The number of hydrogen-bond donors (Lipinski definition) is 0. The molecule has 1 aromatic carbocycles. The van der Waals surface area contributed by atoms with Gasteiger partial charge in [-0.1, -0.05) is 23.7 Å². The van der Waals surface area contributed by atoms with E-state index in [0.717, 1.165) is 15.9 Å². The minimum Gasteiger partial charge on any atom is -0.106 e. The van der Waals surface area contributed by atoms with E-state index < -0.39 is 0 Å². The molecular weight excluding hydrogens is 151 g/mol. The Morgan fingerprint density at radius 2 is 2.11 bits per heavy atom. The Kier molecular flexibility index (Phi) is 2.10. The first-order chi connectivity index (χ1) is 4.20. The van der Waals surface area contributed by atoms with E-state index in [-0.39, 0.29) is 0 Å². The van der Waals surface area contributed by atoms with Crippen LogP contribution in [0.4, 0.5) is 0 Å². The zero-order valence-electron chi connectivity index (χ0n) is 5.19. The molecule has 0 N–H and O–H groups in total. The van der Waals surface area contributed by atoms with Gasteiger partial charge < -0.3 is 0 Å². The quantitative estimate of drug-likeness (QED) is 0.508. The van der Waals surface area contributed by atoms with E-state index in [1.165, 1.54) is 0 Å². The highest BCUT2D eigenvalue weighted by Crippen LogP contribution is 2.12. The number of rotatable bonds is 0. The fraction of sp³-hybridized carbons (Fsp3) is 0.143. The molecule has 0 fully saturated rings. The Morgan fingerprint density at radius 1 is 1.44 bits per heavy atom. The summed E-state index contributed by atoms with van der Waals surface area (Å²) in [6, 6.07) is 5.96. The molecule has 0 saturated heterocycles. The van der Waals surface area contributed by atoms with Crippen molar-refractivity contribution in [2.24, 2.45) is 0 Å². The molecule has 1 unspecified atom stereocenters. The Morgan fingerprint density at radius 3 is 2.56 bits per heavy atom. The highest BCUT2D eigenvalue weighted by atomic mass is 35.5. The predicted molar refractivity (Wildman–Crippen MR) is 45.5 cm³/mol. The van der Waals surface area contributed by atoms with E-state index >= 15 is 0 Å². The van der Waals surface area contributed by atoms with Crippen molar-refractivity contribution in [2.45, 2.75) is 6.92 Å². The van der Waals surface area contributed by atoms with Gasteiger partial charge in [0.25, 0.3) is 0 Å². The Balaban J connectivity index is 3.17. The molecule has 0 radical (unpaired) electrons. The molecule has 0 amide bonds. The van der Waals surface area contributed by atoms with Crippen molar-refractivity contribution in [1.29, 1.82) is 0 Å². The van der Waals surface area contributed by atoms with E-state index in [9.17, 15) is 0 Å². The second kappa shape index (κ2) is 2.68. The maximum Gasteiger partial charge on any atom is 0.0441 e. The van der Waals surface area contributed by atoms with E-state index in [0.29, 0.717) is 0 Å². The van der Waals surface area contributed by atoms with Crippen LogP contribution in [0.1, 0.15) is 5.56 Å². The first kappa shape index (κ1) is 7.05. The highest BCUT2D eigenvalue weighted by Gasteiger charge is 1.91. The van der Waals surface area contributed by atoms with Crippen LogP contribution < -0.4 is 5.30 Å². The van der Waals surface area contributed by atoms with Crippen LogP contribution in [0.15, 0.2) is 18.2 Å². The number of aryl methyl sites for hydroxylation is 1. The molecule has 1 aromatic rings. The van der Waals surface area contributed by atoms with Crippen molar-refractivity contribution in [3.63, 3.8) is 0 Å². The summed E-state index contributed by atoms with van der Waals surface area (Å²) >= 11 is 5.80. The molecule has 0 heterocycles. The summed E-state index contributed by atoms with van der Waals surface area (Å²) in [6.07, 6.45) is 0. The molecule has 0 saturated carbocycles. The molecule has 1 atom stereocenters. The first-order valence-electron chi connectivity index (χ1n) is 2.72. The molecule has 0 bridgehead atoms. The smallest absolute Gasteiger partial charge is 0.0441 e. The highest BCUT2D eigenvalue weighted by molar-refractivity contribution is 7.27. The van der Waals surface area contributed by atoms with Gasteiger partial charge in [0.1, 0.15) is 0 Å². The fourth-order valence-electron chi connectivity index (χ4n) is 0.609. The summed E-state index contributed by atoms with van der Waals surface area (Å²) in [5, 5.41) is 1.97. The molecule has 48 valence electrons. The lowest BCUT2D eigenvalue weighted by atomic mass is 10.2. The zero-order chi connectivity index (χ0) is 6.85. The third-order valence-corrected chi connectivity index (χ3v) is 1.96. The number of benzene rings is 1. The monoisotopic (exact) mass is 158 g/mol. The minimum absolute atomic E-state index is 0.836. The number of halogens is 1. The summed E-state index contributed by atoms with van der Waals surface area (Å²) < 4.78 is 0. The minimum atomic E-state index is 0.836. The summed E-state index contributed by atoms with van der Waals surface area (Å²) in [6.45, 7) is 1.99. The van der Waals surface area contributed by atoms with Gasteiger partial charge in [0.2, 0.25) is 0 Å². The lowest BCUT2D eigenvalue weighted by molar-refractivity contribution is 1.49. The van der Waals surface area contributed by atoms with Crippen molar-refractivity contribution < 1.29 is 0 Å². The first-order valence-corrected chi connectivity index (χ1v) is 3.67. The molecule has 0 aliphatic carbocycles. The van der Waals surface area contributed by atoms with Gasteiger partial charge >= 0.3 is 0 Å². The number of hydrogen-bond acceptors (Lipinski definition) is 0. The topological polar surface area (TPSA) is 0 Å². The maximum absolute atomic E-state index is 5.80. The van der Waals surface area contributed by atoms with Gasteiger partial charge in [-0.15, -0.1) is 9.24 Å². The molecule has 0 nitrogen and oxygen atoms in total. The van der Waals surface area contributed by atoms with Gasteiger partial charge in [0, 0.05) is 5.02 Å². The van der Waals surface area contributed by atoms with Crippen molar-refractivity contribution in [3.05, 3.63) is 28.8 Å². The van der Waals surface area contributed by atoms with Crippen molar-refractivity contribution >= 4 is 26.1 Å². The Bertz CT molecular complexity index is 220. The molecule has 0 aliphatic rings. The van der Waals surface area contributed by atoms with Crippen LogP contribution in [-0.2, 0) is 0 Å². The third kappa shape index (κ3) is 1.67. The Hall–Kier alpha value is -0.0600. The van der Waals surface area contributed by atoms with Gasteiger partial charge in [0.05, 0.1) is 0 Å². The summed E-state index contributed by atoms with van der Waals surface area (Å²) in [5.74, 6) is 0. The molecule has 0 spiro atoms. The van der Waals surface area contributed by atoms with Crippen LogP contribution >= 0.6 is 20.8 Å². The van der Waals surface area contributed by atoms with Crippen LogP contribution in [0.2, 0.25) is 5.02 Å². The average Bonchev–Trinajstić information content (AvgIpc) is 1.80. The fourth-order valence-corrected chi connectivity index (χ4v) is 1.17. The standard InChI is InChI=1S/C7H8ClP/c1-5-2-3-6(9)4-7(5)8/h2-4H,9H2,1H3. The van der Waals surface area contributed by atoms with Crippen molar-refractivity contribution in [2.75, 3.05) is 0 Å². The molecule has 9 heavy (non-hydrogen) atoms. The second-order valence-corrected chi connectivity index (χ2v) is 3.08. The zero-order valence-corrected chi connectivity index (χ0v) is 7.10. The molecular formula is C7H8ClP. The summed E-state index contributed by atoms with van der Waals surface area (Å²) in [5.41, 5.74) is 1.13. The van der Waals surface area contributed by atoms with Gasteiger partial charge in [-0.05, 0) is 23.9 Å². The molecule has 1 rings (SSSR count). The van der Waals surface area contributed by atoms with Crippen LogP contribution in [-0.4, -0.2) is 0 Å². The van der Waals surface area contributed by atoms with Crippen molar-refractivity contribution in [3.8, 4) is 0 Å². The predicted octanol–water partition coefficient (Wildman–Crippen LogP) is 2.15. The van der Waals surface area contributed by atoms with Gasteiger partial charge in [-0.2, -0.15) is 0 Å². The Labute approximate surface area is 62.4 Å². The normalized spacial score (nSPS) is 9.67. The molecule has 0 aliphatic heterocycles. The molecule has 2 heteroatoms. The largest absolute Gasteiger partial charge is 0.106 e. The van der Waals surface area contributed by atoms with Gasteiger partial charge in [-0.3, -0.25) is 0 Å². The van der Waals surface area contributed by atoms with Gasteiger partial charge in [0.15, 0.2) is 0 Å². The summed E-state index contributed by atoms with van der Waals surface area (Å²) in [7, 11) is 2.60. The maximum atomic E-state index is 5.80. The van der Waals surface area contributed by atoms with E-state index in [2.05, 4.69) is 9.24 Å². The van der Waals surface area contributed by atoms with Crippen LogP contribution in [0.3, 0.4) is 0 Å². The van der Waals surface area contributed by atoms with Crippen LogP contribution in [0.5, 0.6) is 0 Å². The van der Waals surface area contributed by atoms with E-state index in [4.69, 9.17) is 11.6 Å². The SMILES string of the molecule is Cc1ccc(P)cc1Cl.